The number of aliphatic hydroxyl groups is 1. The van der Waals surface area contributed by atoms with E-state index in [0.29, 0.717) is 12.2 Å². The maximum atomic E-state index is 12.8. The molecule has 1 N–H and O–H groups in total. The first kappa shape index (κ1) is 24.1. The Morgan fingerprint density at radius 1 is 1.27 bits per heavy atom. The number of carbonyl (C=O) groups excluding carboxylic acids is 2. The Kier molecular flexibility index (Phi) is 8.19. The molecule has 0 unspecified atom stereocenters. The number of hydrogen-bond donors (Lipinski definition) is 1. The normalized spacial score (nSPS) is 29.1. The molecule has 2 aliphatic rings. The molecule has 4 nitrogen and oxygen atoms in total. The molecule has 4 heteroatoms. The molecule has 0 aromatic carbocycles. The fourth-order valence-electron chi connectivity index (χ4n) is 4.91. The van der Waals surface area contributed by atoms with Gasteiger partial charge < -0.3 is 9.84 Å². The van der Waals surface area contributed by atoms with E-state index >= 15 is 0 Å². The van der Waals surface area contributed by atoms with Crippen molar-refractivity contribution < 1.29 is 19.4 Å². The van der Waals surface area contributed by atoms with Crippen molar-refractivity contribution in [2.75, 3.05) is 7.11 Å². The van der Waals surface area contributed by atoms with E-state index in [9.17, 15) is 14.7 Å². The van der Waals surface area contributed by atoms with E-state index < -0.39 is 6.10 Å². The number of aliphatic hydroxyl groups excluding tert-OH is 1. The highest BCUT2D eigenvalue weighted by Crippen LogP contribution is 2.48. The third kappa shape index (κ3) is 5.69. The zero-order chi connectivity index (χ0) is 22.6. The van der Waals surface area contributed by atoms with Crippen molar-refractivity contribution in [3.63, 3.8) is 0 Å². The van der Waals surface area contributed by atoms with Crippen molar-refractivity contribution in [1.29, 1.82) is 0 Å². The average Bonchev–Trinajstić information content (AvgIpc) is 2.66. The lowest BCUT2D eigenvalue weighted by atomic mass is 9.61. The van der Waals surface area contributed by atoms with Crippen LogP contribution in [0.3, 0.4) is 0 Å². The van der Waals surface area contributed by atoms with Crippen LogP contribution in [0, 0.1) is 23.7 Å². The van der Waals surface area contributed by atoms with Crippen molar-refractivity contribution >= 4 is 11.8 Å². The van der Waals surface area contributed by atoms with Gasteiger partial charge in [0.25, 0.3) is 0 Å². The van der Waals surface area contributed by atoms with Gasteiger partial charge >= 0.3 is 5.97 Å². The standard InChI is InChI=1S/C26H36O4/c1-15(8-9-24(28)30-7)10-16(2)11-23-22(14-19(5)27)17(3)12-21-13-18(4)26(29)20(6)25(21)23/h8-12,18-20,23,25,27H,13-14H2,1-7H3/b9-8+,15-10+,16-11+/t18-,19+,20+,23+,25+/m1/s1. The molecule has 1 fully saturated rings. The van der Waals surface area contributed by atoms with Crippen LogP contribution in [0.1, 0.15) is 54.4 Å². The van der Waals surface area contributed by atoms with Gasteiger partial charge in [0.15, 0.2) is 0 Å². The predicted octanol–water partition coefficient (Wildman–Crippen LogP) is 5.11. The molecule has 0 aliphatic heterocycles. The number of carbonyl (C=O) groups is 2. The molecule has 0 aromatic heterocycles. The highest BCUT2D eigenvalue weighted by Gasteiger charge is 2.42. The van der Waals surface area contributed by atoms with Gasteiger partial charge in [0, 0.05) is 23.8 Å². The summed E-state index contributed by atoms with van der Waals surface area (Å²) in [5.41, 5.74) is 5.78. The molecule has 164 valence electrons. The fraction of sp³-hybridized carbons (Fsp3) is 0.538. The lowest BCUT2D eigenvalue weighted by Gasteiger charge is -2.42. The molecule has 0 bridgehead atoms. The number of ketones is 1. The number of rotatable bonds is 6. The van der Waals surface area contributed by atoms with E-state index in [-0.39, 0.29) is 29.6 Å². The number of methoxy groups -OCH3 is 1. The molecular formula is C26H36O4. The predicted molar refractivity (Wildman–Crippen MR) is 121 cm³/mol. The van der Waals surface area contributed by atoms with Crippen molar-refractivity contribution in [3.8, 4) is 0 Å². The molecule has 1 saturated carbocycles. The van der Waals surface area contributed by atoms with Gasteiger partial charge in [0.05, 0.1) is 13.2 Å². The zero-order valence-electron chi connectivity index (χ0n) is 19.4. The molecule has 2 aliphatic carbocycles. The number of Topliss-reactive ketones (excluding diaryl/α,β-unsaturated/α-hetero) is 1. The molecule has 5 atom stereocenters. The van der Waals surface area contributed by atoms with Crippen molar-refractivity contribution in [2.45, 2.75) is 60.5 Å². The SMILES string of the molecule is COC(=O)/C=C/C(C)=C/C(C)=C/[C@H]1C(C[C@H](C)O)=C(C)C=C2C[C@@H](C)C(=O)[C@@H](C)[C@@H]21. The summed E-state index contributed by atoms with van der Waals surface area (Å²) < 4.78 is 4.64. The van der Waals surface area contributed by atoms with Gasteiger partial charge in [-0.2, -0.15) is 0 Å². The zero-order valence-corrected chi connectivity index (χ0v) is 19.4. The van der Waals surface area contributed by atoms with Crippen molar-refractivity contribution in [3.05, 3.63) is 58.2 Å². The van der Waals surface area contributed by atoms with E-state index in [1.54, 1.807) is 6.08 Å². The van der Waals surface area contributed by atoms with Gasteiger partial charge in [-0.15, -0.1) is 0 Å². The summed E-state index contributed by atoms with van der Waals surface area (Å²) in [5.74, 6) is 0.185. The Bertz CT molecular complexity index is 835. The fourth-order valence-corrected chi connectivity index (χ4v) is 4.91. The van der Waals surface area contributed by atoms with Crippen LogP contribution < -0.4 is 0 Å². The maximum Gasteiger partial charge on any atom is 0.330 e. The smallest absolute Gasteiger partial charge is 0.330 e. The molecule has 0 radical (unpaired) electrons. The summed E-state index contributed by atoms with van der Waals surface area (Å²) in [5, 5.41) is 10.1. The summed E-state index contributed by atoms with van der Waals surface area (Å²) in [4.78, 5) is 24.1. The van der Waals surface area contributed by atoms with Gasteiger partial charge in [-0.05, 0) is 46.5 Å². The van der Waals surface area contributed by atoms with Gasteiger partial charge in [-0.25, -0.2) is 4.79 Å². The van der Waals surface area contributed by atoms with Crippen molar-refractivity contribution in [1.82, 2.24) is 0 Å². The molecule has 0 heterocycles. The molecule has 2 rings (SSSR count). The molecule has 0 aromatic rings. The van der Waals surface area contributed by atoms with E-state index in [4.69, 9.17) is 0 Å². The monoisotopic (exact) mass is 412 g/mol. The largest absolute Gasteiger partial charge is 0.466 e. The van der Waals surface area contributed by atoms with E-state index in [0.717, 1.165) is 17.6 Å². The van der Waals surface area contributed by atoms with Crippen LogP contribution in [0.2, 0.25) is 0 Å². The minimum atomic E-state index is -0.435. The molecule has 30 heavy (non-hydrogen) atoms. The highest BCUT2D eigenvalue weighted by molar-refractivity contribution is 5.85. The first-order valence-electron chi connectivity index (χ1n) is 10.8. The third-order valence-corrected chi connectivity index (χ3v) is 6.24. The Hall–Kier alpha value is -2.20. The number of ether oxygens (including phenoxy) is 1. The summed E-state index contributed by atoms with van der Waals surface area (Å²) in [7, 11) is 1.36. The molecule has 0 saturated heterocycles. The maximum absolute atomic E-state index is 12.8. The lowest BCUT2D eigenvalue weighted by Crippen LogP contribution is -2.39. The van der Waals surface area contributed by atoms with Crippen LogP contribution in [0.25, 0.3) is 0 Å². The Labute approximate surface area is 181 Å². The second kappa shape index (κ2) is 10.2. The number of allylic oxidation sites excluding steroid dienone is 8. The van der Waals surface area contributed by atoms with Crippen LogP contribution in [-0.2, 0) is 14.3 Å². The summed E-state index contributed by atoms with van der Waals surface area (Å²) in [6.07, 6.45) is 10.6. The molecule has 0 amide bonds. The molecular weight excluding hydrogens is 376 g/mol. The first-order chi connectivity index (χ1) is 14.0. The minimum Gasteiger partial charge on any atom is -0.466 e. The number of hydrogen-bond acceptors (Lipinski definition) is 4. The van der Waals surface area contributed by atoms with E-state index in [2.05, 4.69) is 23.8 Å². The summed E-state index contributed by atoms with van der Waals surface area (Å²) >= 11 is 0. The number of fused-ring (bicyclic) bond motifs is 1. The Balaban J connectivity index is 2.45. The topological polar surface area (TPSA) is 63.6 Å². The van der Waals surface area contributed by atoms with E-state index in [1.165, 1.54) is 29.9 Å². The van der Waals surface area contributed by atoms with Gasteiger partial charge in [-0.3, -0.25) is 4.79 Å². The first-order valence-corrected chi connectivity index (χ1v) is 10.8. The lowest BCUT2D eigenvalue weighted by molar-refractivity contribution is -0.134. The van der Waals surface area contributed by atoms with Crippen LogP contribution >= 0.6 is 0 Å². The quantitative estimate of drug-likeness (QED) is 0.374. The number of esters is 1. The Morgan fingerprint density at radius 3 is 2.53 bits per heavy atom. The van der Waals surface area contributed by atoms with Gasteiger partial charge in [0.1, 0.15) is 5.78 Å². The van der Waals surface area contributed by atoms with E-state index in [1.807, 2.05) is 40.7 Å². The van der Waals surface area contributed by atoms with Crippen LogP contribution in [0.4, 0.5) is 0 Å². The summed E-state index contributed by atoms with van der Waals surface area (Å²) in [6.45, 7) is 12.0. The summed E-state index contributed by atoms with van der Waals surface area (Å²) in [6, 6.07) is 0. The van der Waals surface area contributed by atoms with Crippen LogP contribution in [0.15, 0.2) is 58.2 Å². The van der Waals surface area contributed by atoms with Crippen LogP contribution in [-0.4, -0.2) is 30.1 Å². The highest BCUT2D eigenvalue weighted by atomic mass is 16.5. The average molecular weight is 413 g/mol. The second-order valence-electron chi connectivity index (χ2n) is 8.98. The van der Waals surface area contributed by atoms with Gasteiger partial charge in [0.2, 0.25) is 0 Å². The van der Waals surface area contributed by atoms with Crippen molar-refractivity contribution in [2.24, 2.45) is 23.7 Å². The molecule has 0 spiro atoms. The van der Waals surface area contributed by atoms with Gasteiger partial charge in [-0.1, -0.05) is 66.0 Å². The second-order valence-corrected chi connectivity index (χ2v) is 8.98. The minimum absolute atomic E-state index is 0.0459. The third-order valence-electron chi connectivity index (χ3n) is 6.24. The van der Waals surface area contributed by atoms with Crippen LogP contribution in [0.5, 0.6) is 0 Å². The Morgan fingerprint density at radius 2 is 1.93 bits per heavy atom.